The molecule has 1 saturated heterocycles. The molecule has 0 saturated carbocycles. The third-order valence-electron chi connectivity index (χ3n) is 4.06. The summed E-state index contributed by atoms with van der Waals surface area (Å²) in [7, 11) is 0. The lowest BCUT2D eigenvalue weighted by molar-refractivity contribution is -0.145. The smallest absolute Gasteiger partial charge is 0.344 e. The summed E-state index contributed by atoms with van der Waals surface area (Å²) in [6, 6.07) is 5.70. The van der Waals surface area contributed by atoms with Gasteiger partial charge in [0.25, 0.3) is 5.91 Å². The zero-order chi connectivity index (χ0) is 20.8. The second kappa shape index (κ2) is 9.70. The number of rotatable bonds is 9. The summed E-state index contributed by atoms with van der Waals surface area (Å²) < 4.78 is 5.68. The van der Waals surface area contributed by atoms with Crippen LogP contribution in [0.4, 0.5) is 0 Å². The van der Waals surface area contributed by atoms with E-state index in [1.807, 2.05) is 6.92 Å². The van der Waals surface area contributed by atoms with E-state index in [1.54, 1.807) is 37.3 Å². The SMILES string of the molecule is CCCC(C(=O)O)N1C(=O)/C(=C/c2cccc(OC(CC)C(=O)O)c2)SC1=S. The zero-order valence-corrected chi connectivity index (χ0v) is 17.1. The molecule has 0 aromatic heterocycles. The van der Waals surface area contributed by atoms with Crippen molar-refractivity contribution in [1.29, 1.82) is 0 Å². The highest BCUT2D eigenvalue weighted by Gasteiger charge is 2.39. The highest BCUT2D eigenvalue weighted by molar-refractivity contribution is 8.26. The number of thiocarbonyl (C=S) groups is 1. The van der Waals surface area contributed by atoms with Crippen LogP contribution in [-0.4, -0.2) is 49.4 Å². The predicted molar refractivity (Wildman–Crippen MR) is 110 cm³/mol. The van der Waals surface area contributed by atoms with Gasteiger partial charge < -0.3 is 14.9 Å². The summed E-state index contributed by atoms with van der Waals surface area (Å²) in [5, 5.41) is 18.5. The number of thioether (sulfide) groups is 1. The molecule has 2 rings (SSSR count). The summed E-state index contributed by atoms with van der Waals surface area (Å²) in [5.74, 6) is -2.22. The summed E-state index contributed by atoms with van der Waals surface area (Å²) in [4.78, 5) is 36.8. The van der Waals surface area contributed by atoms with E-state index < -0.39 is 30.0 Å². The number of nitrogens with zero attached hydrogens (tertiary/aromatic N) is 1. The summed E-state index contributed by atoms with van der Waals surface area (Å²) in [6.45, 7) is 3.55. The fourth-order valence-electron chi connectivity index (χ4n) is 2.69. The maximum absolute atomic E-state index is 12.7. The molecule has 7 nitrogen and oxygen atoms in total. The molecule has 1 amide bonds. The van der Waals surface area contributed by atoms with Gasteiger partial charge in [0.1, 0.15) is 16.1 Å². The van der Waals surface area contributed by atoms with Crippen molar-refractivity contribution < 1.29 is 29.3 Å². The predicted octanol–water partition coefficient (Wildman–Crippen LogP) is 3.38. The number of carbonyl (C=O) groups excluding carboxylic acids is 1. The van der Waals surface area contributed by atoms with Crippen LogP contribution in [0.25, 0.3) is 6.08 Å². The van der Waals surface area contributed by atoms with Crippen LogP contribution < -0.4 is 4.74 Å². The Bertz CT molecular complexity index is 822. The Balaban J connectivity index is 2.25. The molecule has 0 bridgehead atoms. The Morgan fingerprint density at radius 1 is 1.29 bits per heavy atom. The monoisotopic (exact) mass is 423 g/mol. The summed E-state index contributed by atoms with van der Waals surface area (Å²) in [6.07, 6.45) is 1.87. The molecule has 1 aromatic carbocycles. The first-order valence-corrected chi connectivity index (χ1v) is 10.00. The first-order valence-electron chi connectivity index (χ1n) is 8.77. The average molecular weight is 424 g/mol. The number of carboxylic acids is 2. The Morgan fingerprint density at radius 2 is 2.00 bits per heavy atom. The molecule has 1 aromatic rings. The van der Waals surface area contributed by atoms with Crippen LogP contribution in [0.1, 0.15) is 38.7 Å². The van der Waals surface area contributed by atoms with Gasteiger partial charge in [0.15, 0.2) is 6.10 Å². The van der Waals surface area contributed by atoms with Crippen molar-refractivity contribution in [3.8, 4) is 5.75 Å². The number of carbonyl (C=O) groups is 3. The lowest BCUT2D eigenvalue weighted by atomic mass is 10.1. The van der Waals surface area contributed by atoms with Gasteiger partial charge in [0.05, 0.1) is 4.91 Å². The molecule has 1 heterocycles. The molecule has 150 valence electrons. The van der Waals surface area contributed by atoms with Crippen molar-refractivity contribution in [2.75, 3.05) is 0 Å². The molecular formula is C19H21NO6S2. The summed E-state index contributed by atoms with van der Waals surface area (Å²) in [5.41, 5.74) is 0.626. The number of ether oxygens (including phenoxy) is 1. The normalized spacial score (nSPS) is 17.6. The number of amides is 1. The molecule has 2 atom stereocenters. The molecule has 2 unspecified atom stereocenters. The third kappa shape index (κ3) is 5.11. The Morgan fingerprint density at radius 3 is 2.57 bits per heavy atom. The highest BCUT2D eigenvalue weighted by Crippen LogP contribution is 2.35. The van der Waals surface area contributed by atoms with Gasteiger partial charge in [-0.3, -0.25) is 9.69 Å². The van der Waals surface area contributed by atoms with E-state index in [1.165, 1.54) is 0 Å². The van der Waals surface area contributed by atoms with Gasteiger partial charge >= 0.3 is 11.9 Å². The van der Waals surface area contributed by atoms with Crippen molar-refractivity contribution in [1.82, 2.24) is 4.90 Å². The van der Waals surface area contributed by atoms with E-state index in [0.29, 0.717) is 35.5 Å². The second-order valence-electron chi connectivity index (χ2n) is 6.12. The molecule has 0 aliphatic carbocycles. The van der Waals surface area contributed by atoms with Crippen LogP contribution >= 0.6 is 24.0 Å². The first kappa shape index (κ1) is 21.9. The highest BCUT2D eigenvalue weighted by atomic mass is 32.2. The Kier molecular flexibility index (Phi) is 7.59. The quantitative estimate of drug-likeness (QED) is 0.460. The van der Waals surface area contributed by atoms with Gasteiger partial charge in [0.2, 0.25) is 0 Å². The lowest BCUT2D eigenvalue weighted by Crippen LogP contribution is -2.43. The molecule has 2 N–H and O–H groups in total. The molecule has 9 heteroatoms. The van der Waals surface area contributed by atoms with Gasteiger partial charge in [-0.15, -0.1) is 0 Å². The molecule has 0 radical (unpaired) electrons. The molecule has 1 aliphatic rings. The lowest BCUT2D eigenvalue weighted by Gasteiger charge is -2.22. The first-order chi connectivity index (χ1) is 13.3. The minimum atomic E-state index is -1.09. The van der Waals surface area contributed by atoms with Gasteiger partial charge in [0, 0.05) is 0 Å². The number of carboxylic acid groups (broad SMARTS) is 2. The van der Waals surface area contributed by atoms with E-state index >= 15 is 0 Å². The standard InChI is InChI=1S/C19H21NO6S2/c1-3-6-13(17(22)23)20-16(21)15(28-19(20)27)10-11-7-5-8-12(9-11)26-14(4-2)18(24)25/h5,7-10,13-14H,3-4,6H2,1-2H3,(H,22,23)(H,24,25)/b15-10-. The van der Waals surface area contributed by atoms with Crippen molar-refractivity contribution in [2.45, 2.75) is 45.3 Å². The molecular weight excluding hydrogens is 402 g/mol. The van der Waals surface area contributed by atoms with Gasteiger partial charge in [-0.2, -0.15) is 0 Å². The van der Waals surface area contributed by atoms with Crippen LogP contribution in [0, 0.1) is 0 Å². The fourth-order valence-corrected chi connectivity index (χ4v) is 4.04. The minimum Gasteiger partial charge on any atom is -0.480 e. The largest absolute Gasteiger partial charge is 0.480 e. The van der Waals surface area contributed by atoms with Crippen molar-refractivity contribution >= 4 is 52.2 Å². The number of aliphatic carboxylic acids is 2. The van der Waals surface area contributed by atoms with Crippen LogP contribution in [0.5, 0.6) is 5.75 Å². The number of benzene rings is 1. The molecule has 1 fully saturated rings. The maximum Gasteiger partial charge on any atom is 0.344 e. The van der Waals surface area contributed by atoms with E-state index in [0.717, 1.165) is 16.7 Å². The van der Waals surface area contributed by atoms with Crippen LogP contribution in [0.3, 0.4) is 0 Å². The molecule has 28 heavy (non-hydrogen) atoms. The van der Waals surface area contributed by atoms with Crippen LogP contribution in [0.2, 0.25) is 0 Å². The van der Waals surface area contributed by atoms with Gasteiger partial charge in [-0.25, -0.2) is 9.59 Å². The van der Waals surface area contributed by atoms with Gasteiger partial charge in [-0.1, -0.05) is 56.4 Å². The minimum absolute atomic E-state index is 0.210. The summed E-state index contributed by atoms with van der Waals surface area (Å²) >= 11 is 6.27. The molecule has 1 aliphatic heterocycles. The Labute approximate surface area is 172 Å². The van der Waals surface area contributed by atoms with Gasteiger partial charge in [-0.05, 0) is 36.6 Å². The maximum atomic E-state index is 12.7. The average Bonchev–Trinajstić information content (AvgIpc) is 2.91. The topological polar surface area (TPSA) is 104 Å². The zero-order valence-electron chi connectivity index (χ0n) is 15.5. The van der Waals surface area contributed by atoms with Crippen molar-refractivity contribution in [3.05, 3.63) is 34.7 Å². The van der Waals surface area contributed by atoms with Crippen LogP contribution in [0.15, 0.2) is 29.2 Å². The van der Waals surface area contributed by atoms with Crippen LogP contribution in [-0.2, 0) is 14.4 Å². The van der Waals surface area contributed by atoms with E-state index in [9.17, 15) is 19.5 Å². The third-order valence-corrected chi connectivity index (χ3v) is 5.39. The van der Waals surface area contributed by atoms with E-state index in [4.69, 9.17) is 22.1 Å². The van der Waals surface area contributed by atoms with Crippen molar-refractivity contribution in [3.63, 3.8) is 0 Å². The molecule has 0 spiro atoms. The Hall–Kier alpha value is -2.39. The van der Waals surface area contributed by atoms with E-state index in [-0.39, 0.29) is 4.32 Å². The number of hydrogen-bond donors (Lipinski definition) is 2. The van der Waals surface area contributed by atoms with E-state index in [2.05, 4.69) is 0 Å². The number of hydrogen-bond acceptors (Lipinski definition) is 6. The second-order valence-corrected chi connectivity index (χ2v) is 7.80. The fraction of sp³-hybridized carbons (Fsp3) is 0.368. The van der Waals surface area contributed by atoms with Crippen molar-refractivity contribution in [2.24, 2.45) is 0 Å².